The summed E-state index contributed by atoms with van der Waals surface area (Å²) in [4.78, 5) is 11.3. The molecular formula is C16H14O3. The van der Waals surface area contributed by atoms with Crippen molar-refractivity contribution < 1.29 is 14.3 Å². The summed E-state index contributed by atoms with van der Waals surface area (Å²) < 4.78 is 10.0. The first-order valence-electron chi connectivity index (χ1n) is 5.82. The van der Waals surface area contributed by atoms with Crippen molar-refractivity contribution in [3.63, 3.8) is 0 Å². The molecule has 0 bridgehead atoms. The van der Waals surface area contributed by atoms with E-state index in [0.29, 0.717) is 5.75 Å². The third-order valence-corrected chi connectivity index (χ3v) is 2.62. The minimum atomic E-state index is -0.581. The quantitative estimate of drug-likeness (QED) is 0.476. The van der Waals surface area contributed by atoms with Crippen LogP contribution in [0.3, 0.4) is 0 Å². The summed E-state index contributed by atoms with van der Waals surface area (Å²) in [5, 5.41) is 0. The molecule has 0 aliphatic heterocycles. The molecule has 0 N–H and O–H groups in total. The molecule has 3 heteroatoms. The van der Waals surface area contributed by atoms with Gasteiger partial charge in [-0.1, -0.05) is 48.5 Å². The molecule has 0 saturated heterocycles. The fraction of sp³-hybridized carbons (Fsp3) is 0.0625. The highest BCUT2D eigenvalue weighted by Gasteiger charge is 2.12. The van der Waals surface area contributed by atoms with Crippen molar-refractivity contribution >= 4 is 5.97 Å². The Labute approximate surface area is 112 Å². The number of esters is 1. The van der Waals surface area contributed by atoms with Crippen molar-refractivity contribution in [1.82, 2.24) is 0 Å². The highest BCUT2D eigenvalue weighted by Crippen LogP contribution is 2.30. The average Bonchev–Trinajstić information content (AvgIpc) is 2.47. The zero-order chi connectivity index (χ0) is 13.7. The van der Waals surface area contributed by atoms with Gasteiger partial charge in [-0.05, 0) is 18.2 Å². The van der Waals surface area contributed by atoms with Gasteiger partial charge >= 0.3 is 5.97 Å². The van der Waals surface area contributed by atoms with Gasteiger partial charge in [0.2, 0.25) is 5.76 Å². The summed E-state index contributed by atoms with van der Waals surface area (Å²) in [6.07, 6.45) is 0. The zero-order valence-electron chi connectivity index (χ0n) is 10.6. The first kappa shape index (κ1) is 12.9. The van der Waals surface area contributed by atoms with Crippen LogP contribution in [-0.2, 0) is 9.53 Å². The Hall–Kier alpha value is -2.55. The van der Waals surface area contributed by atoms with Crippen molar-refractivity contribution in [3.05, 3.63) is 66.9 Å². The Morgan fingerprint density at radius 1 is 1.00 bits per heavy atom. The first-order valence-corrected chi connectivity index (χ1v) is 5.82. The van der Waals surface area contributed by atoms with Crippen molar-refractivity contribution in [2.75, 3.05) is 7.11 Å². The van der Waals surface area contributed by atoms with Crippen LogP contribution in [0.1, 0.15) is 0 Å². The van der Waals surface area contributed by atoms with Gasteiger partial charge in [0.05, 0.1) is 7.11 Å². The summed E-state index contributed by atoms with van der Waals surface area (Å²) >= 11 is 0. The Balaban J connectivity index is 2.32. The van der Waals surface area contributed by atoms with Gasteiger partial charge in [0.15, 0.2) is 0 Å². The van der Waals surface area contributed by atoms with Crippen LogP contribution in [0.4, 0.5) is 0 Å². The number of rotatable bonds is 4. The third kappa shape index (κ3) is 3.01. The molecule has 0 fully saturated rings. The van der Waals surface area contributed by atoms with Crippen molar-refractivity contribution in [1.29, 1.82) is 0 Å². The van der Waals surface area contributed by atoms with E-state index in [-0.39, 0.29) is 5.76 Å². The van der Waals surface area contributed by atoms with E-state index in [1.54, 1.807) is 6.07 Å². The fourth-order valence-electron chi connectivity index (χ4n) is 1.70. The molecule has 0 aromatic heterocycles. The number of carbonyl (C=O) groups is 1. The standard InChI is InChI=1S/C16H14O3/c1-12(16(17)18-2)19-15-11-7-6-10-14(15)13-8-4-3-5-9-13/h3-11H,1H2,2H3. The highest BCUT2D eigenvalue weighted by atomic mass is 16.6. The predicted molar refractivity (Wildman–Crippen MR) is 73.7 cm³/mol. The van der Waals surface area contributed by atoms with Crippen LogP contribution in [0.15, 0.2) is 66.9 Å². The maximum atomic E-state index is 11.3. The molecular weight excluding hydrogens is 240 g/mol. The normalized spacial score (nSPS) is 9.74. The van der Waals surface area contributed by atoms with Crippen LogP contribution in [0.5, 0.6) is 5.75 Å². The number of para-hydroxylation sites is 1. The minimum Gasteiger partial charge on any atom is -0.463 e. The van der Waals surface area contributed by atoms with Crippen LogP contribution in [0, 0.1) is 0 Å². The number of methoxy groups -OCH3 is 1. The van der Waals surface area contributed by atoms with Gasteiger partial charge in [0, 0.05) is 5.56 Å². The first-order chi connectivity index (χ1) is 9.22. The molecule has 2 aromatic carbocycles. The van der Waals surface area contributed by atoms with Crippen molar-refractivity contribution in [2.45, 2.75) is 0 Å². The highest BCUT2D eigenvalue weighted by molar-refractivity contribution is 5.86. The zero-order valence-corrected chi connectivity index (χ0v) is 10.6. The van der Waals surface area contributed by atoms with Crippen LogP contribution in [0.25, 0.3) is 11.1 Å². The number of ether oxygens (including phenoxy) is 2. The van der Waals surface area contributed by atoms with E-state index in [1.165, 1.54) is 7.11 Å². The Morgan fingerprint density at radius 2 is 1.63 bits per heavy atom. The van der Waals surface area contributed by atoms with Crippen LogP contribution in [0.2, 0.25) is 0 Å². The van der Waals surface area contributed by atoms with Gasteiger partial charge in [-0.25, -0.2) is 4.79 Å². The second-order valence-electron chi connectivity index (χ2n) is 3.88. The van der Waals surface area contributed by atoms with E-state index in [9.17, 15) is 4.79 Å². The van der Waals surface area contributed by atoms with Gasteiger partial charge in [-0.2, -0.15) is 0 Å². The van der Waals surface area contributed by atoms with Crippen LogP contribution < -0.4 is 4.74 Å². The molecule has 0 heterocycles. The summed E-state index contributed by atoms with van der Waals surface area (Å²) in [6.45, 7) is 3.56. The lowest BCUT2D eigenvalue weighted by Gasteiger charge is -2.11. The van der Waals surface area contributed by atoms with E-state index in [1.807, 2.05) is 48.5 Å². The van der Waals surface area contributed by atoms with Crippen LogP contribution in [-0.4, -0.2) is 13.1 Å². The molecule has 2 aromatic rings. The molecule has 0 aliphatic rings. The van der Waals surface area contributed by atoms with E-state index in [2.05, 4.69) is 11.3 Å². The van der Waals surface area contributed by atoms with Gasteiger partial charge in [0.25, 0.3) is 0 Å². The summed E-state index contributed by atoms with van der Waals surface area (Å²) in [6, 6.07) is 17.3. The maximum absolute atomic E-state index is 11.3. The molecule has 96 valence electrons. The monoisotopic (exact) mass is 254 g/mol. The smallest absolute Gasteiger partial charge is 0.373 e. The van der Waals surface area contributed by atoms with E-state index < -0.39 is 5.97 Å². The molecule has 0 atom stereocenters. The molecule has 0 saturated carbocycles. The molecule has 0 spiro atoms. The Bertz CT molecular complexity index is 588. The molecule has 0 unspecified atom stereocenters. The van der Waals surface area contributed by atoms with E-state index in [0.717, 1.165) is 11.1 Å². The molecule has 0 amide bonds. The molecule has 0 radical (unpaired) electrons. The maximum Gasteiger partial charge on any atom is 0.373 e. The lowest BCUT2D eigenvalue weighted by molar-refractivity contribution is -0.138. The van der Waals surface area contributed by atoms with E-state index in [4.69, 9.17) is 4.74 Å². The summed E-state index contributed by atoms with van der Waals surface area (Å²) in [5.41, 5.74) is 1.91. The largest absolute Gasteiger partial charge is 0.463 e. The lowest BCUT2D eigenvalue weighted by Crippen LogP contribution is -2.09. The number of hydrogen-bond donors (Lipinski definition) is 0. The van der Waals surface area contributed by atoms with Gasteiger partial charge in [-0.15, -0.1) is 0 Å². The molecule has 19 heavy (non-hydrogen) atoms. The van der Waals surface area contributed by atoms with Crippen LogP contribution >= 0.6 is 0 Å². The number of carbonyl (C=O) groups excluding carboxylic acids is 1. The van der Waals surface area contributed by atoms with Gasteiger partial charge in [0.1, 0.15) is 5.75 Å². The fourth-order valence-corrected chi connectivity index (χ4v) is 1.70. The second-order valence-corrected chi connectivity index (χ2v) is 3.88. The van der Waals surface area contributed by atoms with Crippen molar-refractivity contribution in [2.24, 2.45) is 0 Å². The number of hydrogen-bond acceptors (Lipinski definition) is 3. The van der Waals surface area contributed by atoms with E-state index >= 15 is 0 Å². The summed E-state index contributed by atoms with van der Waals surface area (Å²) in [7, 11) is 1.29. The third-order valence-electron chi connectivity index (χ3n) is 2.62. The molecule has 0 aliphatic carbocycles. The van der Waals surface area contributed by atoms with Gasteiger partial charge in [-0.3, -0.25) is 0 Å². The topological polar surface area (TPSA) is 35.5 Å². The minimum absolute atomic E-state index is 0.0362. The average molecular weight is 254 g/mol. The molecule has 2 rings (SSSR count). The summed E-state index contributed by atoms with van der Waals surface area (Å²) in [5.74, 6) is -0.0437. The van der Waals surface area contributed by atoms with Gasteiger partial charge < -0.3 is 9.47 Å². The second kappa shape index (κ2) is 5.87. The predicted octanol–water partition coefficient (Wildman–Crippen LogP) is 3.42. The van der Waals surface area contributed by atoms with Crippen molar-refractivity contribution in [3.8, 4) is 16.9 Å². The SMILES string of the molecule is C=C(Oc1ccccc1-c1ccccc1)C(=O)OC. The molecule has 3 nitrogen and oxygen atoms in total. The lowest BCUT2D eigenvalue weighted by atomic mass is 10.1. The Kier molecular flexibility index (Phi) is 3.98. The Morgan fingerprint density at radius 3 is 2.32 bits per heavy atom. The number of benzene rings is 2.